The molecular formula is C22H23F4N3O3. The van der Waals surface area contributed by atoms with Crippen LogP contribution in [-0.2, 0) is 10.4 Å². The number of ether oxygens (including phenoxy) is 1. The standard InChI is InChI=1S/C22H23F4N3O3/c23-16-3-5-17(6-4-16)27-20(30)28-32-19-9-13-29(14-10-19)21(11-12-21)15-1-7-18(8-2-15)31-22(24,25)26/h1-8,19H,9-14H2,(H2,27,28,30). The van der Waals surface area contributed by atoms with E-state index < -0.39 is 18.2 Å². The third-order valence-corrected chi connectivity index (χ3v) is 5.82. The SMILES string of the molecule is O=C(NOC1CCN(C2(c3ccc(OC(F)(F)F)cc3)CC2)CC1)Nc1ccc(F)cc1. The van der Waals surface area contributed by atoms with Crippen LogP contribution in [0, 0.1) is 5.82 Å². The van der Waals surface area contributed by atoms with E-state index in [1.54, 1.807) is 12.1 Å². The van der Waals surface area contributed by atoms with Gasteiger partial charge in [0.1, 0.15) is 11.6 Å². The van der Waals surface area contributed by atoms with Crippen LogP contribution in [0.3, 0.4) is 0 Å². The summed E-state index contributed by atoms with van der Waals surface area (Å²) >= 11 is 0. The molecular weight excluding hydrogens is 430 g/mol. The topological polar surface area (TPSA) is 62.8 Å². The minimum absolute atomic E-state index is 0.149. The van der Waals surface area contributed by atoms with E-state index in [9.17, 15) is 22.4 Å². The fraction of sp³-hybridized carbons (Fsp3) is 0.409. The van der Waals surface area contributed by atoms with Gasteiger partial charge in [-0.15, -0.1) is 13.2 Å². The van der Waals surface area contributed by atoms with Crippen molar-refractivity contribution in [2.45, 2.75) is 43.7 Å². The first-order chi connectivity index (χ1) is 15.2. The third kappa shape index (κ3) is 5.49. The lowest BCUT2D eigenvalue weighted by Crippen LogP contribution is -2.45. The molecule has 6 nitrogen and oxygen atoms in total. The van der Waals surface area contributed by atoms with Crippen molar-refractivity contribution < 1.29 is 31.9 Å². The zero-order chi connectivity index (χ0) is 22.8. The first-order valence-corrected chi connectivity index (χ1v) is 10.3. The predicted molar refractivity (Wildman–Crippen MR) is 108 cm³/mol. The summed E-state index contributed by atoms with van der Waals surface area (Å²) in [6, 6.07) is 10.9. The van der Waals surface area contributed by atoms with Gasteiger partial charge in [-0.1, -0.05) is 12.1 Å². The minimum Gasteiger partial charge on any atom is -0.406 e. The van der Waals surface area contributed by atoms with Crippen LogP contribution in [0.2, 0.25) is 0 Å². The lowest BCUT2D eigenvalue weighted by Gasteiger charge is -2.38. The van der Waals surface area contributed by atoms with Gasteiger partial charge in [-0.25, -0.2) is 14.7 Å². The summed E-state index contributed by atoms with van der Waals surface area (Å²) in [5.74, 6) is -0.618. The summed E-state index contributed by atoms with van der Waals surface area (Å²) in [7, 11) is 0. The highest BCUT2D eigenvalue weighted by molar-refractivity contribution is 5.88. The summed E-state index contributed by atoms with van der Waals surface area (Å²) in [6.07, 6.45) is -1.57. The molecule has 10 heteroatoms. The van der Waals surface area contributed by atoms with E-state index in [1.807, 2.05) is 0 Å². The second-order valence-electron chi connectivity index (χ2n) is 7.97. The second-order valence-corrected chi connectivity index (χ2v) is 7.97. The first kappa shape index (κ1) is 22.3. The molecule has 0 radical (unpaired) electrons. The van der Waals surface area contributed by atoms with Crippen molar-refractivity contribution in [2.24, 2.45) is 0 Å². The Labute approximate surface area is 182 Å². The van der Waals surface area contributed by atoms with Gasteiger partial charge in [0, 0.05) is 24.3 Å². The van der Waals surface area contributed by atoms with Gasteiger partial charge < -0.3 is 10.1 Å². The van der Waals surface area contributed by atoms with Crippen molar-refractivity contribution in [2.75, 3.05) is 18.4 Å². The molecule has 32 heavy (non-hydrogen) atoms. The summed E-state index contributed by atoms with van der Waals surface area (Å²) in [6.45, 7) is 1.49. The van der Waals surface area contributed by atoms with Gasteiger partial charge in [-0.2, -0.15) is 0 Å². The lowest BCUT2D eigenvalue weighted by atomic mass is 9.98. The van der Waals surface area contributed by atoms with Gasteiger partial charge in [-0.05, 0) is 67.6 Å². The molecule has 0 aromatic heterocycles. The van der Waals surface area contributed by atoms with Crippen molar-refractivity contribution >= 4 is 11.7 Å². The Bertz CT molecular complexity index is 923. The van der Waals surface area contributed by atoms with E-state index in [2.05, 4.69) is 20.4 Å². The maximum absolute atomic E-state index is 12.9. The van der Waals surface area contributed by atoms with Crippen LogP contribution in [0.15, 0.2) is 48.5 Å². The van der Waals surface area contributed by atoms with Gasteiger partial charge in [0.15, 0.2) is 0 Å². The largest absolute Gasteiger partial charge is 0.573 e. The molecule has 1 aliphatic carbocycles. The third-order valence-electron chi connectivity index (χ3n) is 5.82. The number of nitrogens with zero attached hydrogens (tertiary/aromatic N) is 1. The molecule has 1 heterocycles. The number of rotatable bonds is 6. The van der Waals surface area contributed by atoms with Crippen LogP contribution in [0.4, 0.5) is 28.0 Å². The lowest BCUT2D eigenvalue weighted by molar-refractivity contribution is -0.274. The number of piperidine rings is 1. The summed E-state index contributed by atoms with van der Waals surface area (Å²) in [4.78, 5) is 19.8. The highest BCUT2D eigenvalue weighted by Gasteiger charge is 2.50. The molecule has 4 rings (SSSR count). The monoisotopic (exact) mass is 453 g/mol. The number of anilines is 1. The van der Waals surface area contributed by atoms with Crippen molar-refractivity contribution in [3.05, 3.63) is 59.9 Å². The van der Waals surface area contributed by atoms with Crippen molar-refractivity contribution in [1.29, 1.82) is 0 Å². The zero-order valence-electron chi connectivity index (χ0n) is 17.1. The molecule has 1 saturated heterocycles. The zero-order valence-corrected chi connectivity index (χ0v) is 17.1. The molecule has 2 fully saturated rings. The number of hydrogen-bond donors (Lipinski definition) is 2. The summed E-state index contributed by atoms with van der Waals surface area (Å²) < 4.78 is 54.0. The smallest absolute Gasteiger partial charge is 0.406 e. The molecule has 0 bridgehead atoms. The molecule has 0 spiro atoms. The Morgan fingerprint density at radius 1 is 1.00 bits per heavy atom. The van der Waals surface area contributed by atoms with Crippen LogP contribution in [0.1, 0.15) is 31.2 Å². The van der Waals surface area contributed by atoms with Crippen LogP contribution in [0.25, 0.3) is 0 Å². The molecule has 1 aliphatic heterocycles. The van der Waals surface area contributed by atoms with E-state index in [1.165, 1.54) is 36.4 Å². The van der Waals surface area contributed by atoms with Gasteiger partial charge >= 0.3 is 12.4 Å². The molecule has 0 atom stereocenters. The number of alkyl halides is 3. The predicted octanol–water partition coefficient (Wildman–Crippen LogP) is 4.93. The number of carbonyl (C=O) groups is 1. The van der Waals surface area contributed by atoms with Crippen LogP contribution in [0.5, 0.6) is 5.75 Å². The van der Waals surface area contributed by atoms with Gasteiger partial charge in [0.05, 0.1) is 6.10 Å². The molecule has 1 saturated carbocycles. The van der Waals surface area contributed by atoms with Gasteiger partial charge in [0.2, 0.25) is 0 Å². The van der Waals surface area contributed by atoms with E-state index in [4.69, 9.17) is 4.84 Å². The molecule has 2 amide bonds. The number of urea groups is 1. The second kappa shape index (κ2) is 8.95. The maximum Gasteiger partial charge on any atom is 0.573 e. The number of hydroxylamine groups is 1. The van der Waals surface area contributed by atoms with Gasteiger partial charge in [0.25, 0.3) is 0 Å². The Kier molecular flexibility index (Phi) is 6.25. The minimum atomic E-state index is -4.70. The summed E-state index contributed by atoms with van der Waals surface area (Å²) in [5.41, 5.74) is 3.64. The number of amides is 2. The summed E-state index contributed by atoms with van der Waals surface area (Å²) in [5, 5.41) is 2.56. The van der Waals surface area contributed by atoms with Crippen molar-refractivity contribution in [3.63, 3.8) is 0 Å². The number of carbonyl (C=O) groups excluding carboxylic acids is 1. The van der Waals surface area contributed by atoms with E-state index in [0.29, 0.717) is 18.5 Å². The number of hydrogen-bond acceptors (Lipinski definition) is 4. The van der Waals surface area contributed by atoms with E-state index in [0.717, 1.165) is 31.5 Å². The fourth-order valence-electron chi connectivity index (χ4n) is 4.10. The fourth-order valence-corrected chi connectivity index (χ4v) is 4.10. The van der Waals surface area contributed by atoms with Crippen molar-refractivity contribution in [1.82, 2.24) is 10.4 Å². The Hall–Kier alpha value is -2.85. The molecule has 2 N–H and O–H groups in total. The van der Waals surface area contributed by atoms with E-state index in [-0.39, 0.29) is 17.4 Å². The average molecular weight is 453 g/mol. The van der Waals surface area contributed by atoms with Crippen LogP contribution < -0.4 is 15.5 Å². The van der Waals surface area contributed by atoms with Crippen LogP contribution >= 0.6 is 0 Å². The Balaban J connectivity index is 1.24. The molecule has 2 aromatic carbocycles. The molecule has 2 aromatic rings. The highest BCUT2D eigenvalue weighted by atomic mass is 19.4. The normalized spacial score (nSPS) is 18.8. The average Bonchev–Trinajstić information content (AvgIpc) is 3.56. The quantitative estimate of drug-likeness (QED) is 0.481. The molecule has 172 valence electrons. The number of benzene rings is 2. The van der Waals surface area contributed by atoms with Gasteiger partial charge in [-0.3, -0.25) is 9.74 Å². The molecule has 0 unspecified atom stereocenters. The maximum atomic E-state index is 12.9. The Morgan fingerprint density at radius 2 is 1.62 bits per heavy atom. The number of halogens is 4. The Morgan fingerprint density at radius 3 is 2.19 bits per heavy atom. The van der Waals surface area contributed by atoms with Crippen molar-refractivity contribution in [3.8, 4) is 5.75 Å². The molecule has 2 aliphatic rings. The number of likely N-dealkylation sites (tertiary alicyclic amines) is 1. The number of nitrogens with one attached hydrogen (secondary N) is 2. The first-order valence-electron chi connectivity index (χ1n) is 10.3. The highest BCUT2D eigenvalue weighted by Crippen LogP contribution is 2.52. The van der Waals surface area contributed by atoms with Crippen LogP contribution in [-0.4, -0.2) is 36.5 Å². The van der Waals surface area contributed by atoms with E-state index >= 15 is 0 Å².